The molecule has 18 heavy (non-hydrogen) atoms. The van der Waals surface area contributed by atoms with Gasteiger partial charge in [-0.05, 0) is 31.4 Å². The Bertz CT molecular complexity index is 388. The number of benzene rings is 1. The molecule has 0 aliphatic rings. The zero-order chi connectivity index (χ0) is 13.4. The first kappa shape index (κ1) is 15.5. The quantitative estimate of drug-likeness (QED) is 0.571. The van der Waals surface area contributed by atoms with Crippen molar-refractivity contribution in [2.75, 3.05) is 0 Å². The smallest absolute Gasteiger partial charge is 0.218 e. The van der Waals surface area contributed by atoms with Crippen molar-refractivity contribution in [3.8, 4) is 0 Å². The van der Waals surface area contributed by atoms with Crippen LogP contribution in [-0.4, -0.2) is 4.89 Å². The minimum atomic E-state index is -2.56. The van der Waals surface area contributed by atoms with Gasteiger partial charge in [-0.15, -0.1) is 0 Å². The Kier molecular flexibility index (Phi) is 7.31. The number of rotatable bonds is 8. The van der Waals surface area contributed by atoms with Crippen molar-refractivity contribution >= 4 is 13.3 Å². The molecular weight excluding hydrogens is 243 g/mol. The first-order valence-electron chi connectivity index (χ1n) is 6.98. The lowest BCUT2D eigenvalue weighted by Gasteiger charge is -2.08. The fourth-order valence-electron chi connectivity index (χ4n) is 2.23. The molecule has 1 atom stereocenters. The number of unbranched alkanes of at least 4 members (excludes halogenated alkanes) is 5. The molecule has 0 saturated carbocycles. The normalized spacial score (nSPS) is 12.6. The largest absolute Gasteiger partial charge is 0.343 e. The highest BCUT2D eigenvalue weighted by atomic mass is 31.1. The summed E-state index contributed by atoms with van der Waals surface area (Å²) in [6.45, 7) is 4.25. The second-order valence-electron chi connectivity index (χ2n) is 4.98. The van der Waals surface area contributed by atoms with E-state index in [0.29, 0.717) is 5.30 Å². The zero-order valence-electron chi connectivity index (χ0n) is 11.5. The Morgan fingerprint density at radius 3 is 2.44 bits per heavy atom. The van der Waals surface area contributed by atoms with Gasteiger partial charge in [0.1, 0.15) is 0 Å². The predicted octanol–water partition coefficient (Wildman–Crippen LogP) is 3.99. The molecular formula is C15H25O2P. The maximum absolute atomic E-state index is 11.3. The Balaban J connectivity index is 2.45. The number of hydrogen-bond acceptors (Lipinski definition) is 1. The highest BCUT2D eigenvalue weighted by Gasteiger charge is 2.07. The van der Waals surface area contributed by atoms with Gasteiger partial charge in [-0.25, -0.2) is 0 Å². The summed E-state index contributed by atoms with van der Waals surface area (Å²) in [4.78, 5) is 9.31. The molecule has 1 N–H and O–H groups in total. The molecule has 1 aromatic carbocycles. The molecule has 0 saturated heterocycles. The van der Waals surface area contributed by atoms with Gasteiger partial charge in [-0.1, -0.05) is 56.7 Å². The number of aryl methyl sites for hydroxylation is 2. The summed E-state index contributed by atoms with van der Waals surface area (Å²) < 4.78 is 11.3. The van der Waals surface area contributed by atoms with Gasteiger partial charge in [-0.3, -0.25) is 4.57 Å². The van der Waals surface area contributed by atoms with Crippen LogP contribution in [0.3, 0.4) is 0 Å². The van der Waals surface area contributed by atoms with Crippen molar-refractivity contribution in [3.05, 3.63) is 29.3 Å². The van der Waals surface area contributed by atoms with Gasteiger partial charge in [0.25, 0.3) is 0 Å². The highest BCUT2D eigenvalue weighted by molar-refractivity contribution is 7.47. The van der Waals surface area contributed by atoms with Crippen molar-refractivity contribution in [1.82, 2.24) is 0 Å². The van der Waals surface area contributed by atoms with Crippen LogP contribution >= 0.6 is 8.03 Å². The third-order valence-electron chi connectivity index (χ3n) is 3.29. The standard InChI is InChI=1S/C15H25O2P/c1-3-4-5-6-7-8-9-14-12-13(2)10-11-15(14)18(16)17/h10-12,18H,3-9H2,1-2H3,(H,16,17). The molecule has 1 unspecified atom stereocenters. The van der Waals surface area contributed by atoms with E-state index in [9.17, 15) is 9.46 Å². The van der Waals surface area contributed by atoms with Gasteiger partial charge in [-0.2, -0.15) is 0 Å². The second-order valence-corrected chi connectivity index (χ2v) is 6.13. The minimum Gasteiger partial charge on any atom is -0.343 e. The summed E-state index contributed by atoms with van der Waals surface area (Å²) in [5.41, 5.74) is 2.24. The van der Waals surface area contributed by atoms with E-state index in [1.54, 1.807) is 0 Å². The maximum atomic E-state index is 11.3. The number of hydrogen-bond donors (Lipinski definition) is 1. The lowest BCUT2D eigenvalue weighted by atomic mass is 10.0. The van der Waals surface area contributed by atoms with Crippen LogP contribution in [0.5, 0.6) is 0 Å². The van der Waals surface area contributed by atoms with E-state index in [2.05, 4.69) is 13.0 Å². The maximum Gasteiger partial charge on any atom is 0.218 e. The van der Waals surface area contributed by atoms with E-state index in [-0.39, 0.29) is 0 Å². The Morgan fingerprint density at radius 1 is 1.11 bits per heavy atom. The Hall–Kier alpha value is -0.590. The van der Waals surface area contributed by atoms with Gasteiger partial charge in [0, 0.05) is 5.30 Å². The van der Waals surface area contributed by atoms with Crippen molar-refractivity contribution in [3.63, 3.8) is 0 Å². The summed E-state index contributed by atoms with van der Waals surface area (Å²) in [6.07, 6.45) is 8.46. The second kappa shape index (κ2) is 8.50. The van der Waals surface area contributed by atoms with Crippen molar-refractivity contribution < 1.29 is 9.46 Å². The summed E-state index contributed by atoms with van der Waals surface area (Å²) in [5, 5.41) is 0.652. The van der Waals surface area contributed by atoms with Crippen LogP contribution in [0.2, 0.25) is 0 Å². The van der Waals surface area contributed by atoms with Gasteiger partial charge in [0.05, 0.1) is 0 Å². The molecule has 0 aliphatic carbocycles. The van der Waals surface area contributed by atoms with Crippen molar-refractivity contribution in [2.24, 2.45) is 0 Å². The average molecular weight is 268 g/mol. The van der Waals surface area contributed by atoms with Gasteiger partial charge in [0.15, 0.2) is 0 Å². The van der Waals surface area contributed by atoms with E-state index in [1.165, 1.54) is 37.7 Å². The van der Waals surface area contributed by atoms with Crippen LogP contribution in [0.1, 0.15) is 56.6 Å². The monoisotopic (exact) mass is 268 g/mol. The summed E-state index contributed by atoms with van der Waals surface area (Å²) in [6, 6.07) is 5.78. The van der Waals surface area contributed by atoms with Gasteiger partial charge < -0.3 is 4.89 Å². The molecule has 2 nitrogen and oxygen atoms in total. The topological polar surface area (TPSA) is 37.3 Å². The third kappa shape index (κ3) is 5.37. The lowest BCUT2D eigenvalue weighted by Crippen LogP contribution is -2.06. The summed E-state index contributed by atoms with van der Waals surface area (Å²) in [5.74, 6) is 0. The minimum absolute atomic E-state index is 0.652. The molecule has 0 spiro atoms. The molecule has 0 radical (unpaired) electrons. The Morgan fingerprint density at radius 2 is 1.78 bits per heavy atom. The SMILES string of the molecule is CCCCCCCCc1cc(C)ccc1[PH](=O)O. The van der Waals surface area contributed by atoms with Crippen LogP contribution in [0, 0.1) is 6.92 Å². The summed E-state index contributed by atoms with van der Waals surface area (Å²) >= 11 is 0. The van der Waals surface area contributed by atoms with Crippen molar-refractivity contribution in [2.45, 2.75) is 58.8 Å². The third-order valence-corrected chi connectivity index (χ3v) is 4.24. The van der Waals surface area contributed by atoms with Crippen molar-refractivity contribution in [1.29, 1.82) is 0 Å². The molecule has 0 aliphatic heterocycles. The zero-order valence-corrected chi connectivity index (χ0v) is 12.5. The first-order valence-corrected chi connectivity index (χ1v) is 8.33. The van der Waals surface area contributed by atoms with Gasteiger partial charge >= 0.3 is 0 Å². The van der Waals surface area contributed by atoms with E-state index in [1.807, 2.05) is 19.1 Å². The lowest BCUT2D eigenvalue weighted by molar-refractivity contribution is 0.513. The van der Waals surface area contributed by atoms with Crippen LogP contribution in [0.4, 0.5) is 0 Å². The van der Waals surface area contributed by atoms with Crippen LogP contribution in [0.15, 0.2) is 18.2 Å². The van der Waals surface area contributed by atoms with Gasteiger partial charge in [0.2, 0.25) is 8.03 Å². The molecule has 0 amide bonds. The molecule has 0 aromatic heterocycles. The molecule has 0 bridgehead atoms. The molecule has 0 heterocycles. The molecule has 1 rings (SSSR count). The molecule has 102 valence electrons. The molecule has 0 fully saturated rings. The van der Waals surface area contributed by atoms with E-state index >= 15 is 0 Å². The highest BCUT2D eigenvalue weighted by Crippen LogP contribution is 2.19. The predicted molar refractivity (Wildman–Crippen MR) is 79.1 cm³/mol. The molecule has 1 aromatic rings. The van der Waals surface area contributed by atoms with E-state index in [4.69, 9.17) is 0 Å². The molecule has 3 heteroatoms. The van der Waals surface area contributed by atoms with E-state index in [0.717, 1.165) is 18.4 Å². The average Bonchev–Trinajstić information content (AvgIpc) is 2.33. The van der Waals surface area contributed by atoms with Crippen LogP contribution < -0.4 is 5.30 Å². The summed E-state index contributed by atoms with van der Waals surface area (Å²) in [7, 11) is -2.56. The Labute approximate surface area is 111 Å². The fraction of sp³-hybridized carbons (Fsp3) is 0.600. The first-order chi connectivity index (χ1) is 8.65. The van der Waals surface area contributed by atoms with Crippen LogP contribution in [0.25, 0.3) is 0 Å². The van der Waals surface area contributed by atoms with E-state index < -0.39 is 8.03 Å². The van der Waals surface area contributed by atoms with Crippen LogP contribution in [-0.2, 0) is 11.0 Å². The fourth-order valence-corrected chi connectivity index (χ4v) is 2.93.